The van der Waals surface area contributed by atoms with Gasteiger partial charge >= 0.3 is 5.97 Å². The highest BCUT2D eigenvalue weighted by molar-refractivity contribution is 5.70. The van der Waals surface area contributed by atoms with Crippen LogP contribution in [0.1, 0.15) is 23.2 Å². The van der Waals surface area contributed by atoms with E-state index in [1.54, 1.807) is 0 Å². The van der Waals surface area contributed by atoms with Gasteiger partial charge in [0.05, 0.1) is 12.0 Å². The fourth-order valence-electron chi connectivity index (χ4n) is 1.06. The van der Waals surface area contributed by atoms with E-state index in [2.05, 4.69) is 4.98 Å². The SMILES string of the molecule is N#Cc1ncc(CC(=O)O)cc1C(F)F. The van der Waals surface area contributed by atoms with Crippen LogP contribution in [0.3, 0.4) is 0 Å². The second kappa shape index (κ2) is 4.46. The smallest absolute Gasteiger partial charge is 0.307 e. The largest absolute Gasteiger partial charge is 0.481 e. The molecule has 78 valence electrons. The second-order valence-electron chi connectivity index (χ2n) is 2.76. The topological polar surface area (TPSA) is 74.0 Å². The summed E-state index contributed by atoms with van der Waals surface area (Å²) in [5, 5.41) is 16.9. The average molecular weight is 212 g/mol. The molecule has 0 radical (unpaired) electrons. The molecule has 0 saturated heterocycles. The molecule has 4 nitrogen and oxygen atoms in total. The van der Waals surface area contributed by atoms with Gasteiger partial charge in [-0.05, 0) is 11.6 Å². The normalized spacial score (nSPS) is 10.0. The summed E-state index contributed by atoms with van der Waals surface area (Å²) in [6.45, 7) is 0. The van der Waals surface area contributed by atoms with Crippen LogP contribution >= 0.6 is 0 Å². The maximum absolute atomic E-state index is 12.4. The minimum Gasteiger partial charge on any atom is -0.481 e. The van der Waals surface area contributed by atoms with E-state index in [1.807, 2.05) is 0 Å². The Morgan fingerprint density at radius 2 is 2.33 bits per heavy atom. The summed E-state index contributed by atoms with van der Waals surface area (Å²) in [6.07, 6.45) is -2.11. The van der Waals surface area contributed by atoms with Crippen molar-refractivity contribution in [2.75, 3.05) is 0 Å². The maximum Gasteiger partial charge on any atom is 0.307 e. The van der Waals surface area contributed by atoms with Crippen molar-refractivity contribution in [1.29, 1.82) is 5.26 Å². The van der Waals surface area contributed by atoms with E-state index in [0.29, 0.717) is 0 Å². The number of hydrogen-bond donors (Lipinski definition) is 1. The van der Waals surface area contributed by atoms with E-state index in [0.717, 1.165) is 12.3 Å². The number of alkyl halides is 2. The molecule has 15 heavy (non-hydrogen) atoms. The summed E-state index contributed by atoms with van der Waals surface area (Å²) >= 11 is 0. The number of halogens is 2. The Labute approximate surface area is 83.8 Å². The first kappa shape index (κ1) is 11.0. The third kappa shape index (κ3) is 2.71. The number of aromatic nitrogens is 1. The molecule has 1 rings (SSSR count). The molecule has 0 unspecified atom stereocenters. The van der Waals surface area contributed by atoms with E-state index in [4.69, 9.17) is 10.4 Å². The molecular formula is C9H6F2N2O2. The predicted molar refractivity (Wildman–Crippen MR) is 45.2 cm³/mol. The van der Waals surface area contributed by atoms with Gasteiger partial charge in [-0.25, -0.2) is 13.8 Å². The molecule has 0 saturated carbocycles. The first-order valence-electron chi connectivity index (χ1n) is 3.93. The number of aliphatic carboxylic acids is 1. The first-order valence-corrected chi connectivity index (χ1v) is 3.93. The van der Waals surface area contributed by atoms with Crippen LogP contribution in [0, 0.1) is 11.3 Å². The Morgan fingerprint density at radius 3 is 2.80 bits per heavy atom. The van der Waals surface area contributed by atoms with E-state index >= 15 is 0 Å². The van der Waals surface area contributed by atoms with Gasteiger partial charge in [-0.15, -0.1) is 0 Å². The summed E-state index contributed by atoms with van der Waals surface area (Å²) in [5.74, 6) is -1.14. The molecule has 0 fully saturated rings. The lowest BCUT2D eigenvalue weighted by molar-refractivity contribution is -0.136. The molecule has 0 bridgehead atoms. The van der Waals surface area contributed by atoms with Crippen LogP contribution < -0.4 is 0 Å². The standard InChI is InChI=1S/C9H6F2N2O2/c10-9(11)6-1-5(2-8(14)15)4-13-7(6)3-12/h1,4,9H,2H2,(H,14,15). The number of carboxylic acids is 1. The van der Waals surface area contributed by atoms with E-state index in [-0.39, 0.29) is 11.3 Å². The average Bonchev–Trinajstić information content (AvgIpc) is 2.16. The van der Waals surface area contributed by atoms with Crippen molar-refractivity contribution in [3.63, 3.8) is 0 Å². The van der Waals surface area contributed by atoms with Gasteiger partial charge < -0.3 is 5.11 Å². The first-order chi connectivity index (χ1) is 7.04. The molecule has 0 aliphatic heterocycles. The zero-order valence-electron chi connectivity index (χ0n) is 7.44. The molecule has 0 aliphatic rings. The predicted octanol–water partition coefficient (Wildman–Crippen LogP) is 1.52. The second-order valence-corrected chi connectivity index (χ2v) is 2.76. The van der Waals surface area contributed by atoms with Crippen molar-refractivity contribution in [3.05, 3.63) is 29.1 Å². The van der Waals surface area contributed by atoms with E-state index in [1.165, 1.54) is 6.07 Å². The zero-order valence-corrected chi connectivity index (χ0v) is 7.44. The lowest BCUT2D eigenvalue weighted by Gasteiger charge is -2.03. The third-order valence-corrected chi connectivity index (χ3v) is 1.67. The molecule has 1 aromatic rings. The van der Waals surface area contributed by atoms with Gasteiger partial charge in [0.15, 0.2) is 0 Å². The van der Waals surface area contributed by atoms with Gasteiger partial charge in [-0.2, -0.15) is 5.26 Å². The Hall–Kier alpha value is -2.03. The number of nitrogens with zero attached hydrogens (tertiary/aromatic N) is 2. The van der Waals surface area contributed by atoms with Crippen LogP contribution in [-0.2, 0) is 11.2 Å². The summed E-state index contributed by atoms with van der Waals surface area (Å²) in [6, 6.07) is 2.51. The molecular weight excluding hydrogens is 206 g/mol. The Kier molecular flexibility index (Phi) is 3.29. The van der Waals surface area contributed by atoms with Crippen molar-refractivity contribution in [2.24, 2.45) is 0 Å². The number of nitriles is 1. The number of carboxylic acid groups (broad SMARTS) is 1. The molecule has 1 heterocycles. The maximum atomic E-state index is 12.4. The molecule has 0 atom stereocenters. The van der Waals surface area contributed by atoms with Crippen LogP contribution in [0.15, 0.2) is 12.3 Å². The Balaban J connectivity index is 3.11. The quantitative estimate of drug-likeness (QED) is 0.824. The van der Waals surface area contributed by atoms with Crippen molar-refractivity contribution < 1.29 is 18.7 Å². The van der Waals surface area contributed by atoms with Crippen molar-refractivity contribution in [1.82, 2.24) is 4.98 Å². The highest BCUT2D eigenvalue weighted by Crippen LogP contribution is 2.22. The third-order valence-electron chi connectivity index (χ3n) is 1.67. The molecule has 1 N–H and O–H groups in total. The number of hydrogen-bond acceptors (Lipinski definition) is 3. The monoisotopic (exact) mass is 212 g/mol. The van der Waals surface area contributed by atoms with Gasteiger partial charge in [0, 0.05) is 6.20 Å². The highest BCUT2D eigenvalue weighted by Gasteiger charge is 2.15. The molecule has 6 heteroatoms. The number of pyridine rings is 1. The van der Waals surface area contributed by atoms with Gasteiger partial charge in [0.2, 0.25) is 0 Å². The van der Waals surface area contributed by atoms with Crippen molar-refractivity contribution in [2.45, 2.75) is 12.8 Å². The number of carbonyl (C=O) groups is 1. The van der Waals surface area contributed by atoms with Crippen molar-refractivity contribution >= 4 is 5.97 Å². The van der Waals surface area contributed by atoms with Gasteiger partial charge in [0.1, 0.15) is 11.8 Å². The van der Waals surface area contributed by atoms with Crippen LogP contribution in [0.4, 0.5) is 8.78 Å². The van der Waals surface area contributed by atoms with E-state index in [9.17, 15) is 13.6 Å². The van der Waals surface area contributed by atoms with Gasteiger partial charge in [0.25, 0.3) is 6.43 Å². The summed E-state index contributed by atoms with van der Waals surface area (Å²) in [5.41, 5.74) is -0.757. The van der Waals surface area contributed by atoms with Crippen LogP contribution in [0.2, 0.25) is 0 Å². The Bertz CT molecular complexity index is 427. The molecule has 1 aromatic heterocycles. The molecule has 0 aliphatic carbocycles. The summed E-state index contributed by atoms with van der Waals surface area (Å²) < 4.78 is 24.8. The van der Waals surface area contributed by atoms with Crippen LogP contribution in [0.5, 0.6) is 0 Å². The van der Waals surface area contributed by atoms with Crippen LogP contribution in [0.25, 0.3) is 0 Å². The van der Waals surface area contributed by atoms with Gasteiger partial charge in [-0.1, -0.05) is 0 Å². The highest BCUT2D eigenvalue weighted by atomic mass is 19.3. The van der Waals surface area contributed by atoms with Crippen LogP contribution in [-0.4, -0.2) is 16.1 Å². The minimum absolute atomic E-state index is 0.150. The number of rotatable bonds is 3. The zero-order chi connectivity index (χ0) is 11.4. The Morgan fingerprint density at radius 1 is 1.67 bits per heavy atom. The fourth-order valence-corrected chi connectivity index (χ4v) is 1.06. The molecule has 0 aromatic carbocycles. The fraction of sp³-hybridized carbons (Fsp3) is 0.222. The van der Waals surface area contributed by atoms with Crippen molar-refractivity contribution in [3.8, 4) is 6.07 Å². The molecule has 0 spiro atoms. The minimum atomic E-state index is -2.83. The summed E-state index contributed by atoms with van der Waals surface area (Å²) in [7, 11) is 0. The summed E-state index contributed by atoms with van der Waals surface area (Å²) in [4.78, 5) is 13.8. The van der Waals surface area contributed by atoms with E-state index < -0.39 is 24.4 Å². The van der Waals surface area contributed by atoms with Gasteiger partial charge in [-0.3, -0.25) is 4.79 Å². The lowest BCUT2D eigenvalue weighted by atomic mass is 10.1. The molecule has 0 amide bonds. The lowest BCUT2D eigenvalue weighted by Crippen LogP contribution is -2.03.